The van der Waals surface area contributed by atoms with Gasteiger partial charge < -0.3 is 16.2 Å². The van der Waals surface area contributed by atoms with E-state index >= 15 is 0 Å². The molecule has 0 saturated heterocycles. The fourth-order valence-corrected chi connectivity index (χ4v) is 2.02. The van der Waals surface area contributed by atoms with E-state index in [1.165, 1.54) is 0 Å². The summed E-state index contributed by atoms with van der Waals surface area (Å²) in [6.45, 7) is 0.858. The normalized spacial score (nSPS) is 10.7. The maximum Gasteiger partial charge on any atom is 0.0743 e. The highest BCUT2D eigenvalue weighted by atomic mass is 79.9. The van der Waals surface area contributed by atoms with E-state index in [0.717, 1.165) is 21.1 Å². The molecule has 1 heterocycles. The molecular formula is C12H14BrN3O. The van der Waals surface area contributed by atoms with Crippen molar-refractivity contribution in [2.45, 2.75) is 6.42 Å². The van der Waals surface area contributed by atoms with Gasteiger partial charge in [-0.15, -0.1) is 0 Å². The number of nitrogens with one attached hydrogen (secondary N) is 1. The molecule has 2 aromatic rings. The number of nitrogen functional groups attached to an aromatic ring is 1. The van der Waals surface area contributed by atoms with Gasteiger partial charge in [-0.25, -0.2) is 0 Å². The van der Waals surface area contributed by atoms with Crippen LogP contribution < -0.4 is 11.1 Å². The standard InChI is InChI=1S/C12H14BrN3O/c13-8-2-3-9-11(6-8)16-7-10(14)12(9)15-4-1-5-17/h2-3,6-7,17H,1,4-5,14H2,(H,15,16). The van der Waals surface area contributed by atoms with Crippen LogP contribution in [0.2, 0.25) is 0 Å². The number of rotatable bonds is 4. The van der Waals surface area contributed by atoms with Gasteiger partial charge in [0, 0.05) is 23.0 Å². The molecule has 2 rings (SSSR count). The van der Waals surface area contributed by atoms with Crippen molar-refractivity contribution in [2.24, 2.45) is 0 Å². The summed E-state index contributed by atoms with van der Waals surface area (Å²) in [6, 6.07) is 5.89. The van der Waals surface area contributed by atoms with E-state index in [1.807, 2.05) is 18.2 Å². The van der Waals surface area contributed by atoms with Crippen molar-refractivity contribution in [3.63, 3.8) is 0 Å². The van der Waals surface area contributed by atoms with Crippen LogP contribution in [-0.4, -0.2) is 23.2 Å². The van der Waals surface area contributed by atoms with Crippen molar-refractivity contribution < 1.29 is 5.11 Å². The van der Waals surface area contributed by atoms with E-state index in [9.17, 15) is 0 Å². The third kappa shape index (κ3) is 2.68. The summed E-state index contributed by atoms with van der Waals surface area (Å²) in [5.74, 6) is 0. The zero-order valence-electron chi connectivity index (χ0n) is 9.28. The highest BCUT2D eigenvalue weighted by Gasteiger charge is 2.06. The fraction of sp³-hybridized carbons (Fsp3) is 0.250. The molecule has 4 N–H and O–H groups in total. The Morgan fingerprint density at radius 1 is 1.41 bits per heavy atom. The van der Waals surface area contributed by atoms with Crippen molar-refractivity contribution >= 4 is 38.2 Å². The molecule has 0 aliphatic carbocycles. The molecule has 0 amide bonds. The summed E-state index contributed by atoms with van der Waals surface area (Å²) in [4.78, 5) is 4.29. The number of anilines is 2. The van der Waals surface area contributed by atoms with Crippen LogP contribution in [0.3, 0.4) is 0 Å². The molecule has 90 valence electrons. The van der Waals surface area contributed by atoms with Crippen LogP contribution >= 0.6 is 15.9 Å². The SMILES string of the molecule is Nc1cnc2cc(Br)ccc2c1NCCCO. The maximum absolute atomic E-state index is 8.77. The van der Waals surface area contributed by atoms with Crippen LogP contribution in [0.4, 0.5) is 11.4 Å². The number of hydrogen-bond donors (Lipinski definition) is 3. The molecule has 0 bridgehead atoms. The Labute approximate surface area is 108 Å². The predicted molar refractivity (Wildman–Crippen MR) is 74.0 cm³/mol. The number of pyridine rings is 1. The monoisotopic (exact) mass is 295 g/mol. The number of halogens is 1. The van der Waals surface area contributed by atoms with Gasteiger partial charge in [-0.05, 0) is 24.6 Å². The predicted octanol–water partition coefficient (Wildman–Crippen LogP) is 2.37. The van der Waals surface area contributed by atoms with Gasteiger partial charge in [0.15, 0.2) is 0 Å². The van der Waals surface area contributed by atoms with Crippen LogP contribution in [0.1, 0.15) is 6.42 Å². The largest absolute Gasteiger partial charge is 0.396 e. The summed E-state index contributed by atoms with van der Waals surface area (Å²) in [7, 11) is 0. The molecule has 1 aromatic carbocycles. The van der Waals surface area contributed by atoms with Crippen molar-refractivity contribution in [1.82, 2.24) is 4.98 Å². The molecule has 0 fully saturated rings. The van der Waals surface area contributed by atoms with E-state index in [1.54, 1.807) is 6.20 Å². The first-order valence-corrected chi connectivity index (χ1v) is 6.20. The molecule has 5 heteroatoms. The summed E-state index contributed by atoms with van der Waals surface area (Å²) in [5, 5.41) is 13.0. The van der Waals surface area contributed by atoms with Gasteiger partial charge in [0.1, 0.15) is 0 Å². The van der Waals surface area contributed by atoms with Crippen molar-refractivity contribution in [3.8, 4) is 0 Å². The lowest BCUT2D eigenvalue weighted by molar-refractivity contribution is 0.292. The van der Waals surface area contributed by atoms with Gasteiger partial charge >= 0.3 is 0 Å². The number of nitrogens with zero attached hydrogens (tertiary/aromatic N) is 1. The van der Waals surface area contributed by atoms with Gasteiger partial charge in [0.2, 0.25) is 0 Å². The number of aromatic nitrogens is 1. The first-order valence-electron chi connectivity index (χ1n) is 5.41. The van der Waals surface area contributed by atoms with Crippen molar-refractivity contribution in [2.75, 3.05) is 24.2 Å². The molecule has 0 unspecified atom stereocenters. The maximum atomic E-state index is 8.77. The van der Waals surface area contributed by atoms with Gasteiger partial charge in [0.05, 0.1) is 23.1 Å². The summed E-state index contributed by atoms with van der Waals surface area (Å²) < 4.78 is 0.989. The summed E-state index contributed by atoms with van der Waals surface area (Å²) in [5.41, 5.74) is 8.30. The lowest BCUT2D eigenvalue weighted by atomic mass is 10.1. The first kappa shape index (κ1) is 12.1. The topological polar surface area (TPSA) is 71.2 Å². The van der Waals surface area contributed by atoms with Crippen LogP contribution in [0.15, 0.2) is 28.9 Å². The van der Waals surface area contributed by atoms with Crippen LogP contribution in [0, 0.1) is 0 Å². The van der Waals surface area contributed by atoms with Gasteiger partial charge in [-0.2, -0.15) is 0 Å². The highest BCUT2D eigenvalue weighted by Crippen LogP contribution is 2.29. The smallest absolute Gasteiger partial charge is 0.0743 e. The minimum atomic E-state index is 0.168. The van der Waals surface area contributed by atoms with Gasteiger partial charge in [-0.3, -0.25) is 4.98 Å². The lowest BCUT2D eigenvalue weighted by Crippen LogP contribution is -2.06. The Morgan fingerprint density at radius 2 is 2.24 bits per heavy atom. The quantitative estimate of drug-likeness (QED) is 0.758. The van der Waals surface area contributed by atoms with Crippen LogP contribution in [0.5, 0.6) is 0 Å². The Balaban J connectivity index is 2.41. The van der Waals surface area contributed by atoms with E-state index in [4.69, 9.17) is 10.8 Å². The number of nitrogens with two attached hydrogens (primary N) is 1. The third-order valence-electron chi connectivity index (χ3n) is 2.50. The van der Waals surface area contributed by atoms with Crippen molar-refractivity contribution in [1.29, 1.82) is 0 Å². The van der Waals surface area contributed by atoms with Crippen molar-refractivity contribution in [3.05, 3.63) is 28.9 Å². The van der Waals surface area contributed by atoms with Crippen LogP contribution in [-0.2, 0) is 0 Å². The van der Waals surface area contributed by atoms with E-state index < -0.39 is 0 Å². The Bertz CT molecular complexity index is 530. The summed E-state index contributed by atoms with van der Waals surface area (Å²) in [6.07, 6.45) is 2.34. The van der Waals surface area contributed by atoms with E-state index in [0.29, 0.717) is 18.7 Å². The first-order chi connectivity index (χ1) is 8.22. The van der Waals surface area contributed by atoms with Gasteiger partial charge in [-0.1, -0.05) is 15.9 Å². The molecule has 1 aromatic heterocycles. The number of benzene rings is 1. The highest BCUT2D eigenvalue weighted by molar-refractivity contribution is 9.10. The molecule has 0 aliphatic rings. The number of aliphatic hydroxyl groups excluding tert-OH is 1. The van der Waals surface area contributed by atoms with Crippen LogP contribution in [0.25, 0.3) is 10.9 Å². The molecule has 17 heavy (non-hydrogen) atoms. The molecule has 0 aliphatic heterocycles. The molecular weight excluding hydrogens is 282 g/mol. The van der Waals surface area contributed by atoms with E-state index in [-0.39, 0.29) is 6.61 Å². The lowest BCUT2D eigenvalue weighted by Gasteiger charge is -2.11. The minimum Gasteiger partial charge on any atom is -0.396 e. The molecule has 0 spiro atoms. The molecule has 0 atom stereocenters. The average Bonchev–Trinajstić information content (AvgIpc) is 2.32. The zero-order valence-corrected chi connectivity index (χ0v) is 10.9. The second-order valence-electron chi connectivity index (χ2n) is 3.75. The number of hydrogen-bond acceptors (Lipinski definition) is 4. The number of aliphatic hydroxyl groups is 1. The number of fused-ring (bicyclic) bond motifs is 1. The third-order valence-corrected chi connectivity index (χ3v) is 2.99. The molecule has 0 radical (unpaired) electrons. The Hall–Kier alpha value is -1.33. The second-order valence-corrected chi connectivity index (χ2v) is 4.67. The Kier molecular flexibility index (Phi) is 3.81. The Morgan fingerprint density at radius 3 is 3.00 bits per heavy atom. The summed E-state index contributed by atoms with van der Waals surface area (Å²) >= 11 is 3.41. The fourth-order valence-electron chi connectivity index (χ4n) is 1.67. The zero-order chi connectivity index (χ0) is 12.3. The molecule has 4 nitrogen and oxygen atoms in total. The molecule has 0 saturated carbocycles. The average molecular weight is 296 g/mol. The second kappa shape index (κ2) is 5.33. The van der Waals surface area contributed by atoms with E-state index in [2.05, 4.69) is 26.2 Å². The van der Waals surface area contributed by atoms with Gasteiger partial charge in [0.25, 0.3) is 0 Å². The minimum absolute atomic E-state index is 0.168.